The number of benzene rings is 2. The molecule has 4 nitrogen and oxygen atoms in total. The number of rotatable bonds is 3. The molecule has 3 N–H and O–H groups in total. The highest BCUT2D eigenvalue weighted by Gasteiger charge is 2.20. The topological polar surface area (TPSA) is 72.2 Å². The lowest BCUT2D eigenvalue weighted by Crippen LogP contribution is -2.15. The molecule has 0 spiro atoms. The van der Waals surface area contributed by atoms with Gasteiger partial charge in [-0.2, -0.15) is 0 Å². The number of nitrogens with two attached hydrogens (primary N) is 1. The summed E-state index contributed by atoms with van der Waals surface area (Å²) in [5.41, 5.74) is 7.25. The van der Waals surface area contributed by atoms with Crippen LogP contribution in [0.2, 0.25) is 5.02 Å². The zero-order chi connectivity index (χ0) is 15.8. The van der Waals surface area contributed by atoms with E-state index in [2.05, 4.69) is 36.6 Å². The van der Waals surface area contributed by atoms with Crippen molar-refractivity contribution in [3.63, 3.8) is 0 Å². The lowest BCUT2D eigenvalue weighted by molar-refractivity contribution is 0.601. The average Bonchev–Trinajstić information content (AvgIpc) is 2.36. The van der Waals surface area contributed by atoms with Gasteiger partial charge in [-0.1, -0.05) is 11.6 Å². The third kappa shape index (κ3) is 3.71. The van der Waals surface area contributed by atoms with E-state index < -0.39 is 10.0 Å². The molecule has 112 valence electrons. The van der Waals surface area contributed by atoms with Crippen molar-refractivity contribution in [2.24, 2.45) is 0 Å². The predicted octanol–water partition coefficient (Wildman–Crippen LogP) is 4.56. The molecule has 0 radical (unpaired) electrons. The van der Waals surface area contributed by atoms with Gasteiger partial charge in [0.25, 0.3) is 10.0 Å². The van der Waals surface area contributed by atoms with Crippen LogP contribution in [0.5, 0.6) is 0 Å². The van der Waals surface area contributed by atoms with Gasteiger partial charge < -0.3 is 5.73 Å². The number of nitrogens with one attached hydrogen (secondary N) is 1. The van der Waals surface area contributed by atoms with Crippen molar-refractivity contribution in [3.8, 4) is 0 Å². The minimum atomic E-state index is -3.84. The van der Waals surface area contributed by atoms with E-state index in [1.165, 1.54) is 18.2 Å². The largest absolute Gasteiger partial charge is 0.398 e. The minimum absolute atomic E-state index is 0.0608. The molecule has 8 heteroatoms. The van der Waals surface area contributed by atoms with Crippen molar-refractivity contribution >= 4 is 64.9 Å². The van der Waals surface area contributed by atoms with Crippen LogP contribution >= 0.6 is 43.5 Å². The standard InChI is InChI=1S/C13H11Br2ClN2O2S/c1-7-4-9(14)13(10(15)5-7)18-21(19,20)12-6-8(16)2-3-11(12)17/h2-6,18H,17H2,1H3. The molecule has 2 aromatic carbocycles. The van der Waals surface area contributed by atoms with E-state index in [0.29, 0.717) is 19.7 Å². The number of halogens is 3. The fourth-order valence-corrected chi connectivity index (χ4v) is 5.10. The summed E-state index contributed by atoms with van der Waals surface area (Å²) in [5.74, 6) is 0. The first-order chi connectivity index (χ1) is 9.70. The van der Waals surface area contributed by atoms with Gasteiger partial charge in [0.15, 0.2) is 0 Å². The zero-order valence-electron chi connectivity index (χ0n) is 10.8. The van der Waals surface area contributed by atoms with Gasteiger partial charge in [-0.05, 0) is 74.7 Å². The molecule has 0 aliphatic rings. The predicted molar refractivity (Wildman–Crippen MR) is 93.3 cm³/mol. The van der Waals surface area contributed by atoms with Crippen molar-refractivity contribution in [2.75, 3.05) is 10.5 Å². The van der Waals surface area contributed by atoms with Crippen molar-refractivity contribution in [2.45, 2.75) is 11.8 Å². The van der Waals surface area contributed by atoms with Crippen LogP contribution in [0.4, 0.5) is 11.4 Å². The van der Waals surface area contributed by atoms with E-state index in [9.17, 15) is 8.42 Å². The second kappa shape index (κ2) is 6.16. The molecule has 0 unspecified atom stereocenters. The molecule has 0 atom stereocenters. The number of aryl methyl sites for hydroxylation is 1. The molecule has 0 heterocycles. The van der Waals surface area contributed by atoms with Crippen LogP contribution in [0.25, 0.3) is 0 Å². The zero-order valence-corrected chi connectivity index (χ0v) is 15.6. The Balaban J connectivity index is 2.50. The quantitative estimate of drug-likeness (QED) is 0.668. The van der Waals surface area contributed by atoms with Crippen molar-refractivity contribution in [1.82, 2.24) is 0 Å². The maximum absolute atomic E-state index is 12.5. The van der Waals surface area contributed by atoms with Crippen molar-refractivity contribution in [1.29, 1.82) is 0 Å². The first-order valence-electron chi connectivity index (χ1n) is 5.74. The van der Waals surface area contributed by atoms with Crippen LogP contribution in [0.15, 0.2) is 44.2 Å². The van der Waals surface area contributed by atoms with Gasteiger partial charge in [0, 0.05) is 14.0 Å². The maximum atomic E-state index is 12.5. The summed E-state index contributed by atoms with van der Waals surface area (Å²) in [4.78, 5) is -0.0608. The summed E-state index contributed by atoms with van der Waals surface area (Å²) >= 11 is 12.5. The molecule has 0 amide bonds. The summed E-state index contributed by atoms with van der Waals surface area (Å²) < 4.78 is 28.7. The highest BCUT2D eigenvalue weighted by atomic mass is 79.9. The highest BCUT2D eigenvalue weighted by Crippen LogP contribution is 2.35. The lowest BCUT2D eigenvalue weighted by Gasteiger charge is -2.14. The second-order valence-electron chi connectivity index (χ2n) is 4.39. The van der Waals surface area contributed by atoms with Gasteiger partial charge >= 0.3 is 0 Å². The van der Waals surface area contributed by atoms with Gasteiger partial charge in [0.05, 0.1) is 11.4 Å². The monoisotopic (exact) mass is 452 g/mol. The molecule has 0 saturated heterocycles. The molecule has 21 heavy (non-hydrogen) atoms. The molecule has 2 rings (SSSR count). The molecule has 2 aromatic rings. The van der Waals surface area contributed by atoms with E-state index in [1.54, 1.807) is 0 Å². The molecule has 0 aliphatic carbocycles. The SMILES string of the molecule is Cc1cc(Br)c(NS(=O)(=O)c2cc(Cl)ccc2N)c(Br)c1. The first-order valence-corrected chi connectivity index (χ1v) is 9.19. The van der Waals surface area contributed by atoms with E-state index >= 15 is 0 Å². The Labute approximate surface area is 145 Å². The highest BCUT2D eigenvalue weighted by molar-refractivity contribution is 9.11. The van der Waals surface area contributed by atoms with Crippen LogP contribution in [0, 0.1) is 6.92 Å². The molecular weight excluding hydrogens is 443 g/mol. The number of nitrogen functional groups attached to an aromatic ring is 1. The Hall–Kier alpha value is -0.760. The van der Waals surface area contributed by atoms with E-state index in [1.807, 2.05) is 19.1 Å². The van der Waals surface area contributed by atoms with Gasteiger partial charge in [0.2, 0.25) is 0 Å². The smallest absolute Gasteiger partial charge is 0.264 e. The molecule has 0 bridgehead atoms. The van der Waals surface area contributed by atoms with Crippen molar-refractivity contribution < 1.29 is 8.42 Å². The molecule has 0 saturated carbocycles. The van der Waals surface area contributed by atoms with Crippen molar-refractivity contribution in [3.05, 3.63) is 49.9 Å². The summed E-state index contributed by atoms with van der Waals surface area (Å²) in [6, 6.07) is 7.92. The minimum Gasteiger partial charge on any atom is -0.398 e. The summed E-state index contributed by atoms with van der Waals surface area (Å²) in [6.45, 7) is 1.91. The Kier molecular flexibility index (Phi) is 4.87. The lowest BCUT2D eigenvalue weighted by atomic mass is 10.2. The number of hydrogen-bond donors (Lipinski definition) is 2. The van der Waals surface area contributed by atoms with Gasteiger partial charge in [-0.15, -0.1) is 0 Å². The Bertz CT molecular complexity index is 787. The molecule has 0 aliphatic heterocycles. The second-order valence-corrected chi connectivity index (χ2v) is 8.19. The summed E-state index contributed by atoms with van der Waals surface area (Å²) in [7, 11) is -3.84. The van der Waals surface area contributed by atoms with Gasteiger partial charge in [-0.25, -0.2) is 8.42 Å². The number of anilines is 2. The van der Waals surface area contributed by atoms with Crippen LogP contribution in [0.1, 0.15) is 5.56 Å². The fourth-order valence-electron chi connectivity index (χ4n) is 1.73. The fraction of sp³-hybridized carbons (Fsp3) is 0.0769. The van der Waals surface area contributed by atoms with Crippen LogP contribution in [-0.4, -0.2) is 8.42 Å². The van der Waals surface area contributed by atoms with Crippen LogP contribution < -0.4 is 10.5 Å². The Morgan fingerprint density at radius 1 is 1.14 bits per heavy atom. The first kappa shape index (κ1) is 16.6. The average molecular weight is 455 g/mol. The Morgan fingerprint density at radius 2 is 1.71 bits per heavy atom. The normalized spacial score (nSPS) is 11.4. The third-order valence-corrected chi connectivity index (χ3v) is 5.58. The van der Waals surface area contributed by atoms with E-state index in [0.717, 1.165) is 5.56 Å². The summed E-state index contributed by atoms with van der Waals surface area (Å²) in [6.07, 6.45) is 0. The number of hydrogen-bond acceptors (Lipinski definition) is 3. The molecule has 0 aromatic heterocycles. The van der Waals surface area contributed by atoms with E-state index in [-0.39, 0.29) is 10.6 Å². The maximum Gasteiger partial charge on any atom is 0.264 e. The van der Waals surface area contributed by atoms with Crippen LogP contribution in [0.3, 0.4) is 0 Å². The molecule has 0 fully saturated rings. The van der Waals surface area contributed by atoms with Crippen LogP contribution in [-0.2, 0) is 10.0 Å². The van der Waals surface area contributed by atoms with Gasteiger partial charge in [-0.3, -0.25) is 4.72 Å². The van der Waals surface area contributed by atoms with Gasteiger partial charge in [0.1, 0.15) is 4.90 Å². The Morgan fingerprint density at radius 3 is 2.29 bits per heavy atom. The van der Waals surface area contributed by atoms with E-state index in [4.69, 9.17) is 17.3 Å². The summed E-state index contributed by atoms with van der Waals surface area (Å²) in [5, 5.41) is 0.298. The third-order valence-electron chi connectivity index (χ3n) is 2.69. The number of sulfonamides is 1. The molecular formula is C13H11Br2ClN2O2S.